The number of hydrogen-bond donors (Lipinski definition) is 2. The zero-order chi connectivity index (χ0) is 20.5. The molecule has 10 heteroatoms. The third kappa shape index (κ3) is 6.59. The minimum atomic E-state index is -0.770. The Bertz CT molecular complexity index is 607. The molecule has 4 amide bonds. The lowest BCUT2D eigenvalue weighted by Gasteiger charge is -2.22. The molecule has 10 nitrogen and oxygen atoms in total. The normalized spacial score (nSPS) is 19.8. The summed E-state index contributed by atoms with van der Waals surface area (Å²) in [5, 5.41) is 5.74. The molecule has 0 aromatic carbocycles. The molecule has 28 heavy (non-hydrogen) atoms. The van der Waals surface area contributed by atoms with Crippen LogP contribution in [0.2, 0.25) is 0 Å². The first-order chi connectivity index (χ1) is 13.4. The van der Waals surface area contributed by atoms with Crippen LogP contribution in [-0.4, -0.2) is 71.8 Å². The van der Waals surface area contributed by atoms with Crippen LogP contribution in [0, 0.1) is 0 Å². The monoisotopic (exact) mass is 404 g/mol. The van der Waals surface area contributed by atoms with Crippen molar-refractivity contribution in [1.82, 2.24) is 20.6 Å². The maximum atomic E-state index is 12.0. The minimum absolute atomic E-state index is 0.0216. The van der Waals surface area contributed by atoms with Gasteiger partial charge in [-0.3, -0.25) is 24.1 Å². The van der Waals surface area contributed by atoms with Crippen LogP contribution in [0.1, 0.15) is 51.9 Å². The number of carbonyl (C=O) groups is 5. The molecule has 0 spiro atoms. The number of amides is 4. The summed E-state index contributed by atoms with van der Waals surface area (Å²) in [6.07, 6.45) is 3.25. The molecule has 2 aliphatic rings. The molecule has 156 valence electrons. The molecule has 2 rings (SSSR count). The van der Waals surface area contributed by atoms with E-state index in [-0.39, 0.29) is 50.6 Å². The molecule has 0 aromatic rings. The van der Waals surface area contributed by atoms with Gasteiger partial charge in [0.25, 0.3) is 11.8 Å². The van der Waals surface area contributed by atoms with Gasteiger partial charge in [0.1, 0.15) is 0 Å². The van der Waals surface area contributed by atoms with Gasteiger partial charge in [-0.2, -0.15) is 0 Å². The fourth-order valence-electron chi connectivity index (χ4n) is 3.32. The first-order valence-corrected chi connectivity index (χ1v) is 9.74. The van der Waals surface area contributed by atoms with Crippen molar-refractivity contribution in [3.63, 3.8) is 0 Å². The van der Waals surface area contributed by atoms with Crippen LogP contribution in [-0.2, 0) is 28.8 Å². The van der Waals surface area contributed by atoms with E-state index in [4.69, 9.17) is 4.84 Å². The van der Waals surface area contributed by atoms with Crippen molar-refractivity contribution in [2.75, 3.05) is 26.2 Å². The van der Waals surface area contributed by atoms with Crippen molar-refractivity contribution >= 4 is 29.6 Å². The predicted octanol–water partition coefficient (Wildman–Crippen LogP) is -0.519. The van der Waals surface area contributed by atoms with E-state index in [0.29, 0.717) is 17.6 Å². The number of likely N-dealkylation sites (tertiary alicyclic amines) is 1. The van der Waals surface area contributed by atoms with Gasteiger partial charge in [0.2, 0.25) is 11.8 Å². The average molecular weight is 404 g/mol. The van der Waals surface area contributed by atoms with Gasteiger partial charge < -0.3 is 15.5 Å². The highest BCUT2D eigenvalue weighted by molar-refractivity contribution is 6.01. The summed E-state index contributed by atoms with van der Waals surface area (Å²) >= 11 is 0. The van der Waals surface area contributed by atoms with Gasteiger partial charge in [-0.1, -0.05) is 6.92 Å². The van der Waals surface area contributed by atoms with E-state index in [2.05, 4.69) is 22.5 Å². The Hall–Kier alpha value is -2.49. The van der Waals surface area contributed by atoms with E-state index in [0.717, 1.165) is 25.8 Å². The quantitative estimate of drug-likeness (QED) is 0.285. The number of imide groups is 1. The maximum absolute atomic E-state index is 12.0. The summed E-state index contributed by atoms with van der Waals surface area (Å²) in [6, 6.07) is 0.458. The van der Waals surface area contributed by atoms with Crippen molar-refractivity contribution in [3.8, 4) is 0 Å². The minimum Gasteiger partial charge on any atom is -0.355 e. The summed E-state index contributed by atoms with van der Waals surface area (Å²) in [5.41, 5.74) is 0. The molecular weight excluding hydrogens is 376 g/mol. The zero-order valence-electron chi connectivity index (χ0n) is 16.2. The molecule has 0 aromatic heterocycles. The molecule has 0 aliphatic carbocycles. The molecule has 2 N–H and O–H groups in total. The third-order valence-electron chi connectivity index (χ3n) is 4.84. The van der Waals surface area contributed by atoms with E-state index < -0.39 is 17.8 Å². The molecule has 2 saturated heterocycles. The lowest BCUT2D eigenvalue weighted by molar-refractivity contribution is -0.197. The van der Waals surface area contributed by atoms with Gasteiger partial charge in [0.05, 0.1) is 13.0 Å². The van der Waals surface area contributed by atoms with Crippen molar-refractivity contribution in [1.29, 1.82) is 0 Å². The molecule has 2 fully saturated rings. The van der Waals surface area contributed by atoms with Gasteiger partial charge in [0, 0.05) is 38.4 Å². The molecule has 0 radical (unpaired) electrons. The fourth-order valence-corrected chi connectivity index (χ4v) is 3.32. The number of hydrogen-bond acceptors (Lipinski definition) is 7. The van der Waals surface area contributed by atoms with E-state index in [1.165, 1.54) is 0 Å². The number of rotatable bonds is 10. The largest absolute Gasteiger partial charge is 0.355 e. The third-order valence-corrected chi connectivity index (χ3v) is 4.84. The van der Waals surface area contributed by atoms with Gasteiger partial charge in [-0.05, 0) is 25.8 Å². The highest BCUT2D eigenvalue weighted by Gasteiger charge is 2.32. The van der Waals surface area contributed by atoms with Crippen LogP contribution in [0.15, 0.2) is 0 Å². The lowest BCUT2D eigenvalue weighted by Crippen LogP contribution is -2.40. The van der Waals surface area contributed by atoms with Crippen molar-refractivity contribution < 1.29 is 28.8 Å². The highest BCUT2D eigenvalue weighted by atomic mass is 16.8. The topological polar surface area (TPSA) is 125 Å². The molecule has 2 heterocycles. The summed E-state index contributed by atoms with van der Waals surface area (Å²) in [4.78, 5) is 64.9. The summed E-state index contributed by atoms with van der Waals surface area (Å²) in [7, 11) is 0. The van der Waals surface area contributed by atoms with E-state index in [1.807, 2.05) is 0 Å². The van der Waals surface area contributed by atoms with Crippen LogP contribution in [0.5, 0.6) is 0 Å². The van der Waals surface area contributed by atoms with E-state index in [9.17, 15) is 24.0 Å². The Morgan fingerprint density at radius 2 is 1.68 bits per heavy atom. The van der Waals surface area contributed by atoms with Crippen LogP contribution in [0.3, 0.4) is 0 Å². The molecule has 1 unspecified atom stereocenters. The van der Waals surface area contributed by atoms with E-state index in [1.54, 1.807) is 0 Å². The molecule has 1 atom stereocenters. The number of hydroxylamine groups is 2. The first-order valence-electron chi connectivity index (χ1n) is 9.74. The van der Waals surface area contributed by atoms with Crippen LogP contribution in [0.4, 0.5) is 0 Å². The smallest absolute Gasteiger partial charge is 0.334 e. The SMILES string of the molecule is [13CH3]CC1CCCN1[13CH2]C(=O)[15NH]CC[13C](=O)[15NH][13CH2][13CH2][13C](=O)ON1C(=O)CCC1=O. The van der Waals surface area contributed by atoms with Crippen molar-refractivity contribution in [2.45, 2.75) is 57.9 Å². The summed E-state index contributed by atoms with van der Waals surface area (Å²) < 4.78 is 0. The Balaban J connectivity index is 1.54. The summed E-state index contributed by atoms with van der Waals surface area (Å²) in [5.74, 6) is -2.27. The second-order valence-corrected chi connectivity index (χ2v) is 6.92. The molecular formula is C18H28N4O6. The lowest BCUT2D eigenvalue weighted by atomic mass is 10.2. The van der Waals surface area contributed by atoms with Crippen LogP contribution >= 0.6 is 0 Å². The molecule has 0 bridgehead atoms. The maximum Gasteiger partial charge on any atom is 0.334 e. The van der Waals surface area contributed by atoms with Crippen LogP contribution in [0.25, 0.3) is 0 Å². The average Bonchev–Trinajstić information content (AvgIpc) is 3.22. The Morgan fingerprint density at radius 3 is 2.36 bits per heavy atom. The number of carbonyl (C=O) groups excluding carboxylic acids is 5. The van der Waals surface area contributed by atoms with Crippen LogP contribution < -0.4 is 10.6 Å². The Labute approximate surface area is 163 Å². The first kappa shape index (κ1) is 21.8. The van der Waals surface area contributed by atoms with Crippen molar-refractivity contribution in [2.24, 2.45) is 0 Å². The standard InChI is InChI=1S/C18H28N4O6/c1-2-13-4-3-11-21(13)12-15(24)20-9-7-14(23)19-10-8-18(27)28-22-16(25)5-6-17(22)26/h13H,2-12H2,1H3,(H,19,23)(H,20,24)/i1+1,8+1,10+1,12+1,14+1,18+1,19+1,20+1. The number of nitrogens with zero attached hydrogens (tertiary/aromatic N) is 2. The van der Waals surface area contributed by atoms with E-state index >= 15 is 0 Å². The Kier molecular flexibility index (Phi) is 8.37. The second-order valence-electron chi connectivity index (χ2n) is 6.92. The predicted molar refractivity (Wildman–Crippen MR) is 97.3 cm³/mol. The Morgan fingerprint density at radius 1 is 1.04 bits per heavy atom. The second kappa shape index (κ2) is 10.7. The van der Waals surface area contributed by atoms with Gasteiger partial charge >= 0.3 is 5.97 Å². The van der Waals surface area contributed by atoms with Gasteiger partial charge in [-0.15, -0.1) is 5.06 Å². The summed E-state index contributed by atoms with van der Waals surface area (Å²) in [6.45, 7) is 3.63. The van der Waals surface area contributed by atoms with Gasteiger partial charge in [0.15, 0.2) is 0 Å². The fraction of sp³-hybridized carbons (Fsp3) is 0.722. The zero-order valence-corrected chi connectivity index (χ0v) is 16.2. The number of nitrogens with one attached hydrogen (secondary N) is 2. The molecule has 0 saturated carbocycles. The van der Waals surface area contributed by atoms with Crippen molar-refractivity contribution in [3.05, 3.63) is 0 Å². The molecule has 2 aliphatic heterocycles. The van der Waals surface area contributed by atoms with Gasteiger partial charge in [-0.25, -0.2) is 4.79 Å². The highest BCUT2D eigenvalue weighted by Crippen LogP contribution is 2.18.